The van der Waals surface area contributed by atoms with Crippen LogP contribution in [0.3, 0.4) is 0 Å². The molecule has 0 unspecified atom stereocenters. The van der Waals surface area contributed by atoms with Crippen molar-refractivity contribution in [3.63, 3.8) is 0 Å². The Labute approximate surface area is 270 Å². The van der Waals surface area contributed by atoms with Crippen LogP contribution < -0.4 is 29.1 Å². The van der Waals surface area contributed by atoms with E-state index in [2.05, 4.69) is 4.99 Å². The van der Waals surface area contributed by atoms with Crippen LogP contribution in [0.25, 0.3) is 6.08 Å². The van der Waals surface area contributed by atoms with Gasteiger partial charge in [0.15, 0.2) is 16.3 Å². The molecule has 0 bridgehead atoms. The van der Waals surface area contributed by atoms with E-state index in [-0.39, 0.29) is 24.9 Å². The summed E-state index contributed by atoms with van der Waals surface area (Å²) in [5.41, 5.74) is 2.79. The highest BCUT2D eigenvalue weighted by molar-refractivity contribution is 7.07. The van der Waals surface area contributed by atoms with E-state index in [4.69, 9.17) is 30.5 Å². The summed E-state index contributed by atoms with van der Waals surface area (Å²) in [6.07, 6.45) is 1.68. The van der Waals surface area contributed by atoms with E-state index in [9.17, 15) is 9.59 Å². The molecule has 1 aromatic heterocycles. The molecule has 0 N–H and O–H groups in total. The summed E-state index contributed by atoms with van der Waals surface area (Å²) in [5.74, 6) is 1.17. The first kappa shape index (κ1) is 32.1. The molecule has 2 heterocycles. The molecule has 234 valence electrons. The SMILES string of the molecule is CCOC(=O)C1=C(C)N=c2s/c(=C/c3ccc(OCc4ccccc4Cl)c(OCC)c3)c(=O)n2[C@@H]1c1ccccc1OC(C)C. The van der Waals surface area contributed by atoms with Crippen molar-refractivity contribution >= 4 is 35.0 Å². The van der Waals surface area contributed by atoms with Gasteiger partial charge in [-0.25, -0.2) is 9.79 Å². The second kappa shape index (κ2) is 14.2. The highest BCUT2D eigenvalue weighted by Gasteiger charge is 2.35. The number of esters is 1. The molecule has 3 aromatic carbocycles. The van der Waals surface area contributed by atoms with Gasteiger partial charge in [-0.2, -0.15) is 0 Å². The van der Waals surface area contributed by atoms with Crippen molar-refractivity contribution in [2.24, 2.45) is 4.99 Å². The molecule has 0 saturated carbocycles. The normalized spacial score (nSPS) is 14.6. The van der Waals surface area contributed by atoms with Crippen molar-refractivity contribution in [1.82, 2.24) is 4.57 Å². The zero-order chi connectivity index (χ0) is 32.1. The first-order chi connectivity index (χ1) is 21.7. The lowest BCUT2D eigenvalue weighted by Gasteiger charge is -2.26. The number of para-hydroxylation sites is 1. The summed E-state index contributed by atoms with van der Waals surface area (Å²) in [7, 11) is 0. The van der Waals surface area contributed by atoms with Gasteiger partial charge in [0.2, 0.25) is 0 Å². The molecule has 1 aliphatic rings. The van der Waals surface area contributed by atoms with Gasteiger partial charge in [0.25, 0.3) is 5.56 Å². The van der Waals surface area contributed by atoms with Crippen LogP contribution in [0.5, 0.6) is 17.2 Å². The van der Waals surface area contributed by atoms with E-state index >= 15 is 0 Å². The first-order valence-electron chi connectivity index (χ1n) is 14.8. The van der Waals surface area contributed by atoms with Gasteiger partial charge in [0.05, 0.1) is 35.1 Å². The van der Waals surface area contributed by atoms with E-state index in [1.54, 1.807) is 24.5 Å². The standard InChI is InChI=1S/C35H35ClN2O6S/c1-6-41-29-18-23(16-17-28(29)43-20-24-12-8-10-14-26(24)36)19-30-33(39)38-32(25-13-9-11-15-27(25)44-21(3)4)31(34(40)42-7-2)22(5)37-35(38)45-30/h8-19,21,32H,6-7,20H2,1-5H3/b30-19+/t32-/m1/s1. The van der Waals surface area contributed by atoms with Crippen molar-refractivity contribution in [1.29, 1.82) is 0 Å². The molecule has 1 aliphatic heterocycles. The molecule has 1 atom stereocenters. The van der Waals surface area contributed by atoms with Crippen LogP contribution in [0, 0.1) is 0 Å². The molecule has 10 heteroatoms. The number of fused-ring (bicyclic) bond motifs is 1. The van der Waals surface area contributed by atoms with Gasteiger partial charge in [0, 0.05) is 16.1 Å². The molecule has 45 heavy (non-hydrogen) atoms. The van der Waals surface area contributed by atoms with E-state index < -0.39 is 12.0 Å². The summed E-state index contributed by atoms with van der Waals surface area (Å²) in [6.45, 7) is 10.2. The maximum atomic E-state index is 14.1. The lowest BCUT2D eigenvalue weighted by molar-refractivity contribution is -0.139. The van der Waals surface area contributed by atoms with Crippen molar-refractivity contribution < 1.29 is 23.7 Å². The molecular formula is C35H35ClN2O6S. The van der Waals surface area contributed by atoms with Crippen molar-refractivity contribution in [3.8, 4) is 17.2 Å². The Morgan fingerprint density at radius 1 is 1.00 bits per heavy atom. The Hall–Kier alpha value is -4.34. The highest BCUT2D eigenvalue weighted by Crippen LogP contribution is 2.36. The summed E-state index contributed by atoms with van der Waals surface area (Å²) < 4.78 is 25.5. The van der Waals surface area contributed by atoms with E-state index in [1.165, 1.54) is 11.3 Å². The zero-order valence-electron chi connectivity index (χ0n) is 25.8. The van der Waals surface area contributed by atoms with Gasteiger partial charge in [-0.05, 0) is 70.5 Å². The van der Waals surface area contributed by atoms with Crippen LogP contribution >= 0.6 is 22.9 Å². The molecule has 0 radical (unpaired) electrons. The Morgan fingerprint density at radius 2 is 1.76 bits per heavy atom. The van der Waals surface area contributed by atoms with Gasteiger partial charge >= 0.3 is 5.97 Å². The number of ether oxygens (including phenoxy) is 4. The fourth-order valence-electron chi connectivity index (χ4n) is 5.08. The summed E-state index contributed by atoms with van der Waals surface area (Å²) in [5, 5.41) is 0.625. The molecule has 0 amide bonds. The fourth-order valence-corrected chi connectivity index (χ4v) is 6.31. The average Bonchev–Trinajstić information content (AvgIpc) is 3.31. The minimum atomic E-state index is -0.781. The van der Waals surface area contributed by atoms with Crippen LogP contribution in [0.1, 0.15) is 57.4 Å². The summed E-state index contributed by atoms with van der Waals surface area (Å²) >= 11 is 7.56. The van der Waals surface area contributed by atoms with E-state index in [0.717, 1.165) is 11.1 Å². The molecular weight excluding hydrogens is 612 g/mol. The average molecular weight is 647 g/mol. The van der Waals surface area contributed by atoms with Crippen molar-refractivity contribution in [2.45, 2.75) is 53.4 Å². The predicted molar refractivity (Wildman–Crippen MR) is 176 cm³/mol. The first-order valence-corrected chi connectivity index (χ1v) is 16.0. The van der Waals surface area contributed by atoms with Gasteiger partial charge in [-0.15, -0.1) is 0 Å². The number of hydrogen-bond acceptors (Lipinski definition) is 8. The topological polar surface area (TPSA) is 88.4 Å². The summed E-state index contributed by atoms with van der Waals surface area (Å²) in [4.78, 5) is 32.6. The van der Waals surface area contributed by atoms with Crippen molar-refractivity contribution in [2.75, 3.05) is 13.2 Å². The number of carbonyl (C=O) groups excluding carboxylic acids is 1. The second-order valence-electron chi connectivity index (χ2n) is 10.5. The molecule has 5 rings (SSSR count). The molecule has 8 nitrogen and oxygen atoms in total. The minimum absolute atomic E-state index is 0.116. The Morgan fingerprint density at radius 3 is 2.49 bits per heavy atom. The Bertz CT molecular complexity index is 1930. The number of rotatable bonds is 11. The van der Waals surface area contributed by atoms with Gasteiger partial charge in [-0.1, -0.05) is 65.4 Å². The molecule has 0 spiro atoms. The number of thiazole rings is 1. The third kappa shape index (κ3) is 7.00. The maximum absolute atomic E-state index is 14.1. The van der Waals surface area contributed by atoms with E-state index in [0.29, 0.717) is 55.0 Å². The fraction of sp³-hybridized carbons (Fsp3) is 0.286. The number of halogens is 1. The lowest BCUT2D eigenvalue weighted by Crippen LogP contribution is -2.40. The van der Waals surface area contributed by atoms with Gasteiger partial charge < -0.3 is 18.9 Å². The maximum Gasteiger partial charge on any atom is 0.338 e. The number of aromatic nitrogens is 1. The third-order valence-electron chi connectivity index (χ3n) is 7.00. The largest absolute Gasteiger partial charge is 0.491 e. The van der Waals surface area contributed by atoms with Gasteiger partial charge in [0.1, 0.15) is 18.4 Å². The van der Waals surface area contributed by atoms with E-state index in [1.807, 2.05) is 87.5 Å². The number of carbonyl (C=O) groups is 1. The number of nitrogens with zero attached hydrogens (tertiary/aromatic N) is 2. The highest BCUT2D eigenvalue weighted by atomic mass is 35.5. The number of allylic oxidation sites excluding steroid dienone is 1. The number of benzene rings is 3. The molecule has 0 fully saturated rings. The van der Waals surface area contributed by atoms with Crippen molar-refractivity contribution in [3.05, 3.63) is 119 Å². The quantitative estimate of drug-likeness (QED) is 0.180. The van der Waals surface area contributed by atoms with Crippen LogP contribution in [-0.2, 0) is 16.1 Å². The monoisotopic (exact) mass is 646 g/mol. The third-order valence-corrected chi connectivity index (χ3v) is 8.35. The molecule has 0 saturated heterocycles. The Balaban J connectivity index is 1.59. The van der Waals surface area contributed by atoms with Crippen LogP contribution in [-0.4, -0.2) is 29.9 Å². The van der Waals surface area contributed by atoms with Crippen LogP contribution in [0.4, 0.5) is 0 Å². The minimum Gasteiger partial charge on any atom is -0.491 e. The Kier molecular flexibility index (Phi) is 10.1. The predicted octanol–water partition coefficient (Wildman–Crippen LogP) is 6.22. The van der Waals surface area contributed by atoms with Crippen LogP contribution in [0.15, 0.2) is 87.8 Å². The van der Waals surface area contributed by atoms with Crippen LogP contribution in [0.2, 0.25) is 5.02 Å². The second-order valence-corrected chi connectivity index (χ2v) is 11.9. The number of hydrogen-bond donors (Lipinski definition) is 0. The lowest BCUT2D eigenvalue weighted by atomic mass is 9.95. The molecule has 0 aliphatic carbocycles. The molecule has 4 aromatic rings. The zero-order valence-corrected chi connectivity index (χ0v) is 27.4. The smallest absolute Gasteiger partial charge is 0.338 e. The van der Waals surface area contributed by atoms with Gasteiger partial charge in [-0.3, -0.25) is 9.36 Å². The summed E-state index contributed by atoms with van der Waals surface area (Å²) in [6, 6.07) is 19.7.